The Bertz CT molecular complexity index is 225. The molecule has 2 atom stereocenters. The molecule has 2 unspecified atom stereocenters. The van der Waals surface area contributed by atoms with E-state index in [0.29, 0.717) is 6.04 Å². The van der Waals surface area contributed by atoms with Crippen LogP contribution in [0.2, 0.25) is 0 Å². The second kappa shape index (κ2) is 4.66. The lowest BCUT2D eigenvalue weighted by atomic mass is 9.96. The molecule has 96 valence electrons. The molecular weight excluding hydrogens is 196 g/mol. The molecule has 2 nitrogen and oxygen atoms in total. The average Bonchev–Trinajstić information content (AvgIpc) is 2.57. The predicted molar refractivity (Wildman–Crippen MR) is 71.8 cm³/mol. The minimum Gasteiger partial charge on any atom is -0.310 e. The first kappa shape index (κ1) is 14.0. The molecule has 2 N–H and O–H groups in total. The van der Waals surface area contributed by atoms with Crippen molar-refractivity contribution in [2.24, 2.45) is 5.92 Å². The highest BCUT2D eigenvalue weighted by Gasteiger charge is 2.42. The first-order valence-electron chi connectivity index (χ1n) is 6.64. The van der Waals surface area contributed by atoms with Gasteiger partial charge in [-0.25, -0.2) is 0 Å². The number of hydrogen-bond donors (Lipinski definition) is 2. The van der Waals surface area contributed by atoms with Crippen LogP contribution in [0.25, 0.3) is 0 Å². The lowest BCUT2D eigenvalue weighted by Crippen LogP contribution is -2.45. The smallest absolute Gasteiger partial charge is 0.0130 e. The van der Waals surface area contributed by atoms with Crippen molar-refractivity contribution in [3.8, 4) is 0 Å². The number of nitrogens with one attached hydrogen (secondary N) is 2. The molecular formula is C14H30N2. The molecule has 1 rings (SSSR count). The van der Waals surface area contributed by atoms with Crippen molar-refractivity contribution in [2.75, 3.05) is 0 Å². The molecule has 1 aliphatic carbocycles. The van der Waals surface area contributed by atoms with Crippen molar-refractivity contribution >= 4 is 0 Å². The van der Waals surface area contributed by atoms with Gasteiger partial charge in [0.05, 0.1) is 0 Å². The van der Waals surface area contributed by atoms with Gasteiger partial charge >= 0.3 is 0 Å². The van der Waals surface area contributed by atoms with Gasteiger partial charge in [-0.1, -0.05) is 13.8 Å². The highest BCUT2D eigenvalue weighted by Crippen LogP contribution is 2.38. The van der Waals surface area contributed by atoms with Crippen LogP contribution in [0.1, 0.15) is 61.3 Å². The number of hydrogen-bond acceptors (Lipinski definition) is 2. The van der Waals surface area contributed by atoms with Gasteiger partial charge in [-0.2, -0.15) is 0 Å². The third kappa shape index (κ3) is 5.31. The molecule has 0 aliphatic heterocycles. The predicted octanol–water partition coefficient (Wildman–Crippen LogP) is 2.93. The van der Waals surface area contributed by atoms with Gasteiger partial charge in [-0.3, -0.25) is 0 Å². The minimum absolute atomic E-state index is 0.259. The Balaban J connectivity index is 2.30. The van der Waals surface area contributed by atoms with E-state index in [1.54, 1.807) is 0 Å². The van der Waals surface area contributed by atoms with Crippen molar-refractivity contribution < 1.29 is 0 Å². The largest absolute Gasteiger partial charge is 0.310 e. The van der Waals surface area contributed by atoms with E-state index in [9.17, 15) is 0 Å². The SMILES string of the molecule is CC(C)NC(C)(C)CC1CC1NC(C)(C)C. The summed E-state index contributed by atoms with van der Waals surface area (Å²) in [6.45, 7) is 15.8. The summed E-state index contributed by atoms with van der Waals surface area (Å²) < 4.78 is 0. The first-order valence-corrected chi connectivity index (χ1v) is 6.64. The van der Waals surface area contributed by atoms with E-state index < -0.39 is 0 Å². The molecule has 0 spiro atoms. The molecule has 1 saturated carbocycles. The van der Waals surface area contributed by atoms with E-state index in [4.69, 9.17) is 0 Å². The molecule has 0 bridgehead atoms. The van der Waals surface area contributed by atoms with Gasteiger partial charge in [-0.15, -0.1) is 0 Å². The Morgan fingerprint density at radius 2 is 1.69 bits per heavy atom. The molecule has 2 heteroatoms. The first-order chi connectivity index (χ1) is 7.09. The highest BCUT2D eigenvalue weighted by atomic mass is 15.0. The lowest BCUT2D eigenvalue weighted by Gasteiger charge is -2.29. The zero-order valence-corrected chi connectivity index (χ0v) is 12.1. The normalized spacial score (nSPS) is 26.2. The van der Waals surface area contributed by atoms with Gasteiger partial charge in [-0.05, 0) is 53.4 Å². The molecule has 1 aliphatic rings. The molecule has 0 aromatic rings. The average molecular weight is 226 g/mol. The minimum atomic E-state index is 0.259. The maximum absolute atomic E-state index is 3.69. The maximum atomic E-state index is 3.69. The third-order valence-electron chi connectivity index (χ3n) is 2.99. The maximum Gasteiger partial charge on any atom is 0.0130 e. The number of rotatable bonds is 5. The summed E-state index contributed by atoms with van der Waals surface area (Å²) in [4.78, 5) is 0. The van der Waals surface area contributed by atoms with Crippen LogP contribution in [0.4, 0.5) is 0 Å². The summed E-state index contributed by atoms with van der Waals surface area (Å²) in [5.41, 5.74) is 0.530. The standard InChI is InChI=1S/C14H30N2/c1-10(2)15-14(6,7)9-11-8-12(11)16-13(3,4)5/h10-12,15-16H,8-9H2,1-7H3. The molecule has 0 radical (unpaired) electrons. The molecule has 16 heavy (non-hydrogen) atoms. The zero-order chi connectivity index (χ0) is 12.6. The molecule has 0 aromatic heterocycles. The fourth-order valence-corrected chi connectivity index (χ4v) is 2.70. The van der Waals surface area contributed by atoms with Gasteiger partial charge in [0.2, 0.25) is 0 Å². The summed E-state index contributed by atoms with van der Waals surface area (Å²) in [5, 5.41) is 7.34. The Kier molecular flexibility index (Phi) is 4.07. The molecule has 0 saturated heterocycles. The van der Waals surface area contributed by atoms with Gasteiger partial charge in [0.15, 0.2) is 0 Å². The topological polar surface area (TPSA) is 24.1 Å². The Hall–Kier alpha value is -0.0800. The van der Waals surface area contributed by atoms with Crippen molar-refractivity contribution in [1.82, 2.24) is 10.6 Å². The van der Waals surface area contributed by atoms with Gasteiger partial charge < -0.3 is 10.6 Å². The lowest BCUT2D eigenvalue weighted by molar-refractivity contribution is 0.306. The van der Waals surface area contributed by atoms with Crippen LogP contribution >= 0.6 is 0 Å². The van der Waals surface area contributed by atoms with Crippen LogP contribution in [0.15, 0.2) is 0 Å². The molecule has 0 amide bonds. The summed E-state index contributed by atoms with van der Waals surface area (Å²) in [6.07, 6.45) is 2.62. The molecule has 0 aromatic carbocycles. The van der Waals surface area contributed by atoms with Crippen molar-refractivity contribution in [2.45, 2.75) is 84.5 Å². The van der Waals surface area contributed by atoms with E-state index in [2.05, 4.69) is 59.1 Å². The molecule has 0 heterocycles. The van der Waals surface area contributed by atoms with E-state index in [1.807, 2.05) is 0 Å². The van der Waals surface area contributed by atoms with E-state index in [-0.39, 0.29) is 11.1 Å². The third-order valence-corrected chi connectivity index (χ3v) is 2.99. The van der Waals surface area contributed by atoms with Crippen LogP contribution in [0.3, 0.4) is 0 Å². The second-order valence-electron chi connectivity index (χ2n) is 7.38. The second-order valence-corrected chi connectivity index (χ2v) is 7.38. The summed E-state index contributed by atoms with van der Waals surface area (Å²) in [5.74, 6) is 0.862. The van der Waals surface area contributed by atoms with Crippen molar-refractivity contribution in [3.63, 3.8) is 0 Å². The zero-order valence-electron chi connectivity index (χ0n) is 12.1. The van der Waals surface area contributed by atoms with E-state index >= 15 is 0 Å². The fraction of sp³-hybridized carbons (Fsp3) is 1.00. The van der Waals surface area contributed by atoms with Crippen molar-refractivity contribution in [1.29, 1.82) is 0 Å². The van der Waals surface area contributed by atoms with Gasteiger partial charge in [0, 0.05) is 23.2 Å². The van der Waals surface area contributed by atoms with Crippen LogP contribution in [-0.4, -0.2) is 23.2 Å². The quantitative estimate of drug-likeness (QED) is 0.753. The summed E-state index contributed by atoms with van der Waals surface area (Å²) in [7, 11) is 0. The Morgan fingerprint density at radius 1 is 1.12 bits per heavy atom. The van der Waals surface area contributed by atoms with Crippen LogP contribution in [0, 0.1) is 5.92 Å². The van der Waals surface area contributed by atoms with Gasteiger partial charge in [0.25, 0.3) is 0 Å². The summed E-state index contributed by atoms with van der Waals surface area (Å²) >= 11 is 0. The van der Waals surface area contributed by atoms with Crippen LogP contribution in [-0.2, 0) is 0 Å². The highest BCUT2D eigenvalue weighted by molar-refractivity contribution is 5.00. The summed E-state index contributed by atoms with van der Waals surface area (Å²) in [6, 6.07) is 1.32. The monoisotopic (exact) mass is 226 g/mol. The van der Waals surface area contributed by atoms with Gasteiger partial charge in [0.1, 0.15) is 0 Å². The van der Waals surface area contributed by atoms with E-state index in [0.717, 1.165) is 12.0 Å². The Labute approximate surface area is 102 Å². The van der Waals surface area contributed by atoms with E-state index in [1.165, 1.54) is 12.8 Å². The fourth-order valence-electron chi connectivity index (χ4n) is 2.70. The van der Waals surface area contributed by atoms with Crippen LogP contribution < -0.4 is 10.6 Å². The van der Waals surface area contributed by atoms with Crippen LogP contribution in [0.5, 0.6) is 0 Å². The van der Waals surface area contributed by atoms with Crippen molar-refractivity contribution in [3.05, 3.63) is 0 Å². The Morgan fingerprint density at radius 3 is 2.12 bits per heavy atom. The molecule has 1 fully saturated rings.